The van der Waals surface area contributed by atoms with Crippen LogP contribution in [0.5, 0.6) is 0 Å². The topological polar surface area (TPSA) is 63.1 Å². The van der Waals surface area contributed by atoms with Gasteiger partial charge in [0, 0.05) is 29.0 Å². The highest BCUT2D eigenvalue weighted by molar-refractivity contribution is 8.00. The summed E-state index contributed by atoms with van der Waals surface area (Å²) in [6.45, 7) is 0. The van der Waals surface area contributed by atoms with E-state index < -0.39 is 0 Å². The van der Waals surface area contributed by atoms with Gasteiger partial charge in [-0.25, -0.2) is 4.39 Å². The van der Waals surface area contributed by atoms with E-state index in [0.717, 1.165) is 15.8 Å². The highest BCUT2D eigenvalue weighted by Crippen LogP contribution is 2.20. The van der Waals surface area contributed by atoms with Crippen LogP contribution in [0.4, 0.5) is 4.39 Å². The van der Waals surface area contributed by atoms with Crippen LogP contribution < -0.4 is 10.9 Å². The largest absolute Gasteiger partial charge is 0.350 e. The molecular weight excluding hydrogens is 341 g/mol. The number of nitrogens with one attached hydrogen (secondary N) is 2. The monoisotopic (exact) mass is 357 g/mol. The van der Waals surface area contributed by atoms with Crippen LogP contribution in [0.3, 0.4) is 0 Å². The quantitative estimate of drug-likeness (QED) is 0.557. The summed E-state index contributed by atoms with van der Waals surface area (Å²) < 4.78 is 14.7. The zero-order valence-electron chi connectivity index (χ0n) is 13.5. The molecule has 2 amide bonds. The first-order chi connectivity index (χ1) is 12.0. The minimum atomic E-state index is -0.378. The third kappa shape index (κ3) is 4.00. The molecule has 0 bridgehead atoms. The van der Waals surface area contributed by atoms with Crippen molar-refractivity contribution < 1.29 is 14.0 Å². The molecule has 3 aromatic rings. The molecule has 1 heterocycles. The number of para-hydroxylation sites is 1. The van der Waals surface area contributed by atoms with E-state index >= 15 is 0 Å². The third-order valence-electron chi connectivity index (χ3n) is 3.64. The van der Waals surface area contributed by atoms with Gasteiger partial charge in [-0.1, -0.05) is 18.2 Å². The van der Waals surface area contributed by atoms with Gasteiger partial charge in [0.2, 0.25) is 5.91 Å². The molecule has 25 heavy (non-hydrogen) atoms. The number of carbonyl (C=O) groups excluding carboxylic acids is 2. The van der Waals surface area contributed by atoms with Crippen LogP contribution in [-0.2, 0) is 11.8 Å². The maximum atomic E-state index is 12.8. The number of fused-ring (bicyclic) bond motifs is 1. The van der Waals surface area contributed by atoms with Crippen LogP contribution in [0.2, 0.25) is 0 Å². The average Bonchev–Trinajstić information content (AvgIpc) is 2.96. The van der Waals surface area contributed by atoms with Gasteiger partial charge in [0.05, 0.1) is 11.3 Å². The van der Waals surface area contributed by atoms with Crippen molar-refractivity contribution >= 4 is 34.5 Å². The second-order valence-corrected chi connectivity index (χ2v) is 6.46. The Hall–Kier alpha value is -2.80. The molecule has 2 aromatic carbocycles. The Labute approximate surface area is 148 Å². The minimum Gasteiger partial charge on any atom is -0.350 e. The van der Waals surface area contributed by atoms with Gasteiger partial charge in [-0.3, -0.25) is 20.4 Å². The molecular formula is C18H16FN3O2S. The maximum Gasteiger partial charge on any atom is 0.271 e. The molecule has 0 fully saturated rings. The summed E-state index contributed by atoms with van der Waals surface area (Å²) in [5.41, 5.74) is 6.24. The predicted molar refractivity (Wildman–Crippen MR) is 95.7 cm³/mol. The summed E-state index contributed by atoms with van der Waals surface area (Å²) >= 11 is 1.26. The van der Waals surface area contributed by atoms with E-state index in [9.17, 15) is 14.0 Å². The zero-order valence-corrected chi connectivity index (χ0v) is 14.3. The summed E-state index contributed by atoms with van der Waals surface area (Å²) in [4.78, 5) is 24.9. The number of halogens is 1. The number of hydrazine groups is 1. The van der Waals surface area contributed by atoms with Crippen molar-refractivity contribution in [2.75, 3.05) is 5.75 Å². The number of benzene rings is 2. The van der Waals surface area contributed by atoms with Crippen molar-refractivity contribution in [1.29, 1.82) is 0 Å². The second kappa shape index (κ2) is 7.40. The lowest BCUT2D eigenvalue weighted by atomic mass is 10.2. The van der Waals surface area contributed by atoms with Crippen molar-refractivity contribution in [2.24, 2.45) is 7.05 Å². The van der Waals surface area contributed by atoms with Crippen molar-refractivity contribution in [3.63, 3.8) is 0 Å². The highest BCUT2D eigenvalue weighted by atomic mass is 32.2. The smallest absolute Gasteiger partial charge is 0.271 e. The molecule has 0 aliphatic heterocycles. The lowest BCUT2D eigenvalue weighted by Gasteiger charge is -2.07. The van der Waals surface area contributed by atoms with Crippen LogP contribution in [0.15, 0.2) is 59.6 Å². The fourth-order valence-corrected chi connectivity index (χ4v) is 3.13. The molecule has 128 valence electrons. The van der Waals surface area contributed by atoms with Crippen molar-refractivity contribution in [2.45, 2.75) is 4.90 Å². The van der Waals surface area contributed by atoms with Crippen molar-refractivity contribution in [1.82, 2.24) is 15.4 Å². The maximum absolute atomic E-state index is 12.8. The van der Waals surface area contributed by atoms with Gasteiger partial charge in [0.15, 0.2) is 0 Å². The number of rotatable bonds is 4. The lowest BCUT2D eigenvalue weighted by Crippen LogP contribution is -2.42. The van der Waals surface area contributed by atoms with Gasteiger partial charge >= 0.3 is 0 Å². The van der Waals surface area contributed by atoms with Crippen LogP contribution >= 0.6 is 11.8 Å². The number of aromatic nitrogens is 1. The van der Waals surface area contributed by atoms with Gasteiger partial charge in [-0.05, 0) is 30.3 Å². The molecule has 7 heteroatoms. The predicted octanol–water partition coefficient (Wildman–Crippen LogP) is 2.87. The first kappa shape index (κ1) is 17.0. The number of hydrogen-bond acceptors (Lipinski definition) is 3. The Morgan fingerprint density at radius 3 is 2.56 bits per heavy atom. The molecule has 3 rings (SSSR count). The highest BCUT2D eigenvalue weighted by Gasteiger charge is 2.14. The van der Waals surface area contributed by atoms with Crippen LogP contribution in [0, 0.1) is 5.82 Å². The van der Waals surface area contributed by atoms with E-state index in [1.54, 1.807) is 18.3 Å². The molecule has 5 nitrogen and oxygen atoms in total. The fraction of sp³-hybridized carbons (Fsp3) is 0.111. The molecule has 0 radical (unpaired) electrons. The zero-order chi connectivity index (χ0) is 17.8. The van der Waals surface area contributed by atoms with Crippen molar-refractivity contribution in [3.8, 4) is 0 Å². The van der Waals surface area contributed by atoms with Crippen LogP contribution in [-0.4, -0.2) is 22.1 Å². The molecule has 0 saturated carbocycles. The first-order valence-electron chi connectivity index (χ1n) is 7.56. The second-order valence-electron chi connectivity index (χ2n) is 5.42. The molecule has 0 aliphatic carbocycles. The van der Waals surface area contributed by atoms with Gasteiger partial charge in [-0.15, -0.1) is 11.8 Å². The molecule has 0 spiro atoms. The summed E-state index contributed by atoms with van der Waals surface area (Å²) in [5.74, 6) is -0.933. The molecule has 1 aromatic heterocycles. The number of hydrogen-bond donors (Lipinski definition) is 2. The normalized spacial score (nSPS) is 10.6. The third-order valence-corrected chi connectivity index (χ3v) is 4.65. The van der Waals surface area contributed by atoms with E-state index in [4.69, 9.17) is 0 Å². The molecule has 0 aliphatic rings. The number of thioether (sulfide) groups is 1. The lowest BCUT2D eigenvalue weighted by molar-refractivity contribution is -0.119. The van der Waals surface area contributed by atoms with E-state index in [1.165, 1.54) is 23.9 Å². The van der Waals surface area contributed by atoms with Crippen LogP contribution in [0.25, 0.3) is 10.9 Å². The van der Waals surface area contributed by atoms with Gasteiger partial charge in [0.1, 0.15) is 5.82 Å². The van der Waals surface area contributed by atoms with E-state index in [0.29, 0.717) is 5.56 Å². The number of aryl methyl sites for hydroxylation is 1. The molecule has 2 N–H and O–H groups in total. The summed E-state index contributed by atoms with van der Waals surface area (Å²) in [7, 11) is 1.86. The van der Waals surface area contributed by atoms with E-state index in [1.807, 2.05) is 35.9 Å². The SMILES string of the molecule is Cn1cc(C(=O)NNC(=O)CSc2ccc(F)cc2)c2ccccc21. The fourth-order valence-electron chi connectivity index (χ4n) is 2.43. The summed E-state index contributed by atoms with van der Waals surface area (Å²) in [6, 6.07) is 13.4. The number of amides is 2. The van der Waals surface area contributed by atoms with Gasteiger partial charge in [-0.2, -0.15) is 0 Å². The Kier molecular flexibility index (Phi) is 5.04. The van der Waals surface area contributed by atoms with E-state index in [-0.39, 0.29) is 23.4 Å². The van der Waals surface area contributed by atoms with Crippen LogP contribution in [0.1, 0.15) is 10.4 Å². The first-order valence-corrected chi connectivity index (χ1v) is 8.55. The Morgan fingerprint density at radius 1 is 1.08 bits per heavy atom. The van der Waals surface area contributed by atoms with Crippen molar-refractivity contribution in [3.05, 3.63) is 66.1 Å². The molecule has 0 saturated heterocycles. The number of carbonyl (C=O) groups is 2. The Bertz CT molecular complexity index is 922. The summed E-state index contributed by atoms with van der Waals surface area (Å²) in [5, 5.41) is 0.817. The van der Waals surface area contributed by atoms with E-state index in [2.05, 4.69) is 10.9 Å². The number of nitrogens with zero attached hydrogens (tertiary/aromatic N) is 1. The Balaban J connectivity index is 1.56. The molecule has 0 unspecified atom stereocenters. The molecule has 0 atom stereocenters. The Morgan fingerprint density at radius 2 is 1.80 bits per heavy atom. The summed E-state index contributed by atoms with van der Waals surface area (Å²) in [6.07, 6.45) is 1.72. The minimum absolute atomic E-state index is 0.113. The van der Waals surface area contributed by atoms with Gasteiger partial charge in [0.25, 0.3) is 5.91 Å². The van der Waals surface area contributed by atoms with Gasteiger partial charge < -0.3 is 4.57 Å². The standard InChI is InChI=1S/C18H16FN3O2S/c1-22-10-15(14-4-2-3-5-16(14)22)18(24)21-20-17(23)11-25-13-8-6-12(19)7-9-13/h2-10H,11H2,1H3,(H,20,23)(H,21,24). The average molecular weight is 357 g/mol.